The molecule has 0 saturated heterocycles. The summed E-state index contributed by atoms with van der Waals surface area (Å²) in [4.78, 5) is 15.0. The molecular weight excluding hydrogens is 376 g/mol. The van der Waals surface area contributed by atoms with Crippen molar-refractivity contribution in [2.45, 2.75) is 51.3 Å². The number of anilines is 1. The molecule has 0 bridgehead atoms. The maximum Gasteiger partial charge on any atom is 0.260 e. The predicted octanol–water partition coefficient (Wildman–Crippen LogP) is 4.16. The summed E-state index contributed by atoms with van der Waals surface area (Å²) in [6.45, 7) is 2.23. The third kappa shape index (κ3) is 3.53. The van der Waals surface area contributed by atoms with Crippen molar-refractivity contribution < 1.29 is 14.6 Å². The molecule has 0 spiro atoms. The Morgan fingerprint density at radius 1 is 1.07 bits per heavy atom. The van der Waals surface area contributed by atoms with E-state index in [4.69, 9.17) is 4.74 Å². The second kappa shape index (κ2) is 8.25. The molecule has 0 aromatic heterocycles. The maximum atomic E-state index is 12.6. The van der Waals surface area contributed by atoms with Gasteiger partial charge in [-0.1, -0.05) is 55.7 Å². The summed E-state index contributed by atoms with van der Waals surface area (Å²) in [7, 11) is 0. The maximum absolute atomic E-state index is 12.6. The third-order valence-corrected chi connectivity index (χ3v) is 6.55. The number of para-hydroxylation sites is 1. The lowest BCUT2D eigenvalue weighted by Crippen LogP contribution is -2.38. The van der Waals surface area contributed by atoms with Gasteiger partial charge in [-0.15, -0.1) is 0 Å². The minimum atomic E-state index is -0.102. The van der Waals surface area contributed by atoms with E-state index in [2.05, 4.69) is 28.4 Å². The molecule has 5 rings (SSSR count). The van der Waals surface area contributed by atoms with Gasteiger partial charge in [-0.2, -0.15) is 0 Å². The van der Waals surface area contributed by atoms with Crippen LogP contribution in [0.4, 0.5) is 5.69 Å². The van der Waals surface area contributed by atoms with E-state index < -0.39 is 0 Å². The zero-order valence-electron chi connectivity index (χ0n) is 17.2. The lowest BCUT2D eigenvalue weighted by Gasteiger charge is -2.34. The van der Waals surface area contributed by atoms with Crippen LogP contribution >= 0.6 is 0 Å². The molecule has 0 atom stereocenters. The normalized spacial score (nSPS) is 20.8. The van der Waals surface area contributed by atoms with E-state index in [1.807, 2.05) is 24.3 Å². The quantitative estimate of drug-likeness (QED) is 0.735. The highest BCUT2D eigenvalue weighted by Gasteiger charge is 2.32. The summed E-state index contributed by atoms with van der Waals surface area (Å²) in [5.74, 6) is 0.577. The molecule has 5 heteroatoms. The summed E-state index contributed by atoms with van der Waals surface area (Å²) >= 11 is 0. The molecule has 0 unspecified atom stereocenters. The minimum Gasteiger partial charge on any atom is -0.487 e. The number of nitrogens with zero attached hydrogens (tertiary/aromatic N) is 1. The van der Waals surface area contributed by atoms with Gasteiger partial charge in [0.2, 0.25) is 0 Å². The Hall–Kier alpha value is -2.63. The average molecular weight is 405 g/mol. The monoisotopic (exact) mass is 404 g/mol. The number of nitrogens with one attached hydrogen (secondary N) is 1. The molecule has 1 amide bonds. The molecule has 2 heterocycles. The molecule has 1 aliphatic carbocycles. The first-order valence-corrected chi connectivity index (χ1v) is 11.0. The van der Waals surface area contributed by atoms with Gasteiger partial charge in [0.05, 0.1) is 12.2 Å². The van der Waals surface area contributed by atoms with E-state index in [0.717, 1.165) is 28.9 Å². The van der Waals surface area contributed by atoms with Gasteiger partial charge in [-0.05, 0) is 24.5 Å². The first-order valence-electron chi connectivity index (χ1n) is 11.0. The Bertz CT molecular complexity index is 992. The van der Waals surface area contributed by atoms with Crippen LogP contribution in [0.3, 0.4) is 0 Å². The van der Waals surface area contributed by atoms with E-state index in [9.17, 15) is 9.90 Å². The smallest absolute Gasteiger partial charge is 0.260 e. The Morgan fingerprint density at radius 2 is 1.90 bits per heavy atom. The fourth-order valence-electron chi connectivity index (χ4n) is 5.06. The highest BCUT2D eigenvalue weighted by molar-refractivity contribution is 6.36. The average Bonchev–Trinajstić information content (AvgIpc) is 3.33. The number of amides is 1. The van der Waals surface area contributed by atoms with Crippen molar-refractivity contribution in [2.75, 3.05) is 18.5 Å². The first-order chi connectivity index (χ1) is 14.7. The molecule has 2 aliphatic heterocycles. The van der Waals surface area contributed by atoms with Crippen molar-refractivity contribution in [3.63, 3.8) is 0 Å². The SMILES string of the molecule is O=C1Nc2ccccc2/C1=C1\OCc2cc(CN(CCO)C3CCCCC3)ccc21. The van der Waals surface area contributed by atoms with Crippen molar-refractivity contribution >= 4 is 22.9 Å². The van der Waals surface area contributed by atoms with Crippen LogP contribution in [-0.2, 0) is 22.7 Å². The Labute approximate surface area is 177 Å². The number of fused-ring (bicyclic) bond motifs is 2. The van der Waals surface area contributed by atoms with Gasteiger partial charge in [-0.3, -0.25) is 9.69 Å². The molecule has 30 heavy (non-hydrogen) atoms. The summed E-state index contributed by atoms with van der Waals surface area (Å²) in [5, 5.41) is 12.5. The van der Waals surface area contributed by atoms with Crippen LogP contribution in [0.15, 0.2) is 42.5 Å². The second-order valence-corrected chi connectivity index (χ2v) is 8.47. The molecule has 1 fully saturated rings. The molecule has 2 aromatic rings. The Kier molecular flexibility index (Phi) is 5.32. The van der Waals surface area contributed by atoms with E-state index in [1.165, 1.54) is 37.7 Å². The van der Waals surface area contributed by atoms with Crippen LogP contribution in [0.5, 0.6) is 0 Å². The van der Waals surface area contributed by atoms with E-state index in [0.29, 0.717) is 30.5 Å². The zero-order chi connectivity index (χ0) is 20.5. The lowest BCUT2D eigenvalue weighted by molar-refractivity contribution is -0.110. The molecule has 5 nitrogen and oxygen atoms in total. The van der Waals surface area contributed by atoms with Crippen LogP contribution in [0.2, 0.25) is 0 Å². The third-order valence-electron chi connectivity index (χ3n) is 6.55. The summed E-state index contributed by atoms with van der Waals surface area (Å²) in [6.07, 6.45) is 6.33. The number of hydrogen-bond acceptors (Lipinski definition) is 4. The number of aliphatic hydroxyl groups excluding tert-OH is 1. The molecule has 156 valence electrons. The molecule has 0 radical (unpaired) electrons. The number of rotatable bonds is 5. The lowest BCUT2D eigenvalue weighted by atomic mass is 9.93. The number of hydrogen-bond donors (Lipinski definition) is 2. The van der Waals surface area contributed by atoms with Crippen molar-refractivity contribution in [2.24, 2.45) is 0 Å². The highest BCUT2D eigenvalue weighted by Crippen LogP contribution is 2.41. The molecule has 3 aliphatic rings. The van der Waals surface area contributed by atoms with E-state index >= 15 is 0 Å². The fourth-order valence-corrected chi connectivity index (χ4v) is 5.06. The number of ether oxygens (including phenoxy) is 1. The van der Waals surface area contributed by atoms with Crippen LogP contribution in [-0.4, -0.2) is 35.1 Å². The van der Waals surface area contributed by atoms with Gasteiger partial charge >= 0.3 is 0 Å². The van der Waals surface area contributed by atoms with Gasteiger partial charge in [0.15, 0.2) is 0 Å². The predicted molar refractivity (Wildman–Crippen MR) is 117 cm³/mol. The van der Waals surface area contributed by atoms with Crippen LogP contribution in [0.25, 0.3) is 11.3 Å². The zero-order valence-corrected chi connectivity index (χ0v) is 17.2. The number of benzene rings is 2. The van der Waals surface area contributed by atoms with Crippen molar-refractivity contribution in [1.82, 2.24) is 4.90 Å². The number of carbonyl (C=O) groups excluding carboxylic acids is 1. The fraction of sp³-hybridized carbons (Fsp3) is 0.400. The van der Waals surface area contributed by atoms with Gasteiger partial charge in [0.1, 0.15) is 12.4 Å². The van der Waals surface area contributed by atoms with Crippen molar-refractivity contribution in [3.05, 3.63) is 64.7 Å². The highest BCUT2D eigenvalue weighted by atomic mass is 16.5. The standard InChI is InChI=1S/C25H28N2O3/c28-13-12-27(19-6-2-1-3-7-19)15-17-10-11-20-18(14-17)16-30-24(20)23-21-8-4-5-9-22(21)26-25(23)29/h4-5,8-11,14,19,28H,1-3,6-7,12-13,15-16H2,(H,26,29)/b24-23+. The Balaban J connectivity index is 1.42. The molecular formula is C25H28N2O3. The summed E-state index contributed by atoms with van der Waals surface area (Å²) < 4.78 is 6.02. The van der Waals surface area contributed by atoms with Crippen molar-refractivity contribution in [1.29, 1.82) is 0 Å². The molecule has 2 N–H and O–H groups in total. The first kappa shape index (κ1) is 19.3. The van der Waals surface area contributed by atoms with E-state index in [1.54, 1.807) is 0 Å². The van der Waals surface area contributed by atoms with Gasteiger partial charge in [-0.25, -0.2) is 0 Å². The largest absolute Gasteiger partial charge is 0.487 e. The summed E-state index contributed by atoms with van der Waals surface area (Å²) in [5.41, 5.74) is 5.73. The molecule has 1 saturated carbocycles. The molecule has 2 aromatic carbocycles. The van der Waals surface area contributed by atoms with Gasteiger partial charge in [0.25, 0.3) is 5.91 Å². The summed E-state index contributed by atoms with van der Waals surface area (Å²) in [6, 6.07) is 14.7. The van der Waals surface area contributed by atoms with E-state index in [-0.39, 0.29) is 12.5 Å². The van der Waals surface area contributed by atoms with Crippen LogP contribution in [0.1, 0.15) is 54.4 Å². The second-order valence-electron chi connectivity index (χ2n) is 8.47. The minimum absolute atomic E-state index is 0.102. The number of aliphatic hydroxyl groups is 1. The van der Waals surface area contributed by atoms with Crippen LogP contribution < -0.4 is 5.32 Å². The van der Waals surface area contributed by atoms with Gasteiger partial charge < -0.3 is 15.2 Å². The van der Waals surface area contributed by atoms with Gasteiger partial charge in [0, 0.05) is 41.5 Å². The Morgan fingerprint density at radius 3 is 2.73 bits per heavy atom. The topological polar surface area (TPSA) is 61.8 Å². The number of carbonyl (C=O) groups is 1. The van der Waals surface area contributed by atoms with Crippen molar-refractivity contribution in [3.8, 4) is 0 Å². The van der Waals surface area contributed by atoms with Crippen LogP contribution in [0, 0.1) is 0 Å².